The fourth-order valence-electron chi connectivity index (χ4n) is 0.740. The van der Waals surface area contributed by atoms with Crippen molar-refractivity contribution in [2.45, 2.75) is 19.1 Å². The maximum absolute atomic E-state index is 11.0. The average molecular weight is 156 g/mol. The molecule has 0 radical (unpaired) electrons. The number of epoxide rings is 1. The maximum atomic E-state index is 11.0. The van der Waals surface area contributed by atoms with E-state index < -0.39 is 9.52 Å². The quantitative estimate of drug-likeness (QED) is 0.327. The van der Waals surface area contributed by atoms with E-state index in [2.05, 4.69) is 6.58 Å². The molecule has 3 heteroatoms. The SMILES string of the molecule is C=C(C)C(=O)[SiH2]CC1CO1. The molecule has 1 heterocycles. The van der Waals surface area contributed by atoms with Crippen molar-refractivity contribution in [2.24, 2.45) is 0 Å². The highest BCUT2D eigenvalue weighted by Gasteiger charge is 2.23. The zero-order valence-electron chi connectivity index (χ0n) is 6.22. The van der Waals surface area contributed by atoms with Crippen molar-refractivity contribution in [3.05, 3.63) is 12.2 Å². The number of carbonyl (C=O) groups is 1. The van der Waals surface area contributed by atoms with E-state index >= 15 is 0 Å². The number of carbonyl (C=O) groups excluding carboxylic acids is 1. The molecule has 1 aliphatic rings. The number of rotatable bonds is 4. The number of hydrogen-bond donors (Lipinski definition) is 0. The molecule has 0 N–H and O–H groups in total. The fraction of sp³-hybridized carbons (Fsp3) is 0.571. The van der Waals surface area contributed by atoms with Crippen LogP contribution in [-0.4, -0.2) is 27.6 Å². The molecule has 2 nitrogen and oxygen atoms in total. The second-order valence-electron chi connectivity index (χ2n) is 2.70. The zero-order valence-corrected chi connectivity index (χ0v) is 7.64. The van der Waals surface area contributed by atoms with Crippen LogP contribution >= 0.6 is 0 Å². The Morgan fingerprint density at radius 3 is 2.90 bits per heavy atom. The van der Waals surface area contributed by atoms with Crippen molar-refractivity contribution in [2.75, 3.05) is 6.61 Å². The van der Waals surface area contributed by atoms with Crippen molar-refractivity contribution in [1.82, 2.24) is 0 Å². The van der Waals surface area contributed by atoms with Crippen LogP contribution in [0.1, 0.15) is 6.92 Å². The standard InChI is InChI=1S/C7H12O2Si/c1-5(2)7(8)10-4-6-3-9-6/h6H,1,3-4,10H2,2H3. The molecule has 0 bridgehead atoms. The van der Waals surface area contributed by atoms with Crippen LogP contribution in [0.25, 0.3) is 0 Å². The summed E-state index contributed by atoms with van der Waals surface area (Å²) in [5.74, 6) is 0. The third-order valence-corrected chi connectivity index (χ3v) is 3.56. The first kappa shape index (κ1) is 7.69. The second kappa shape index (κ2) is 3.12. The lowest BCUT2D eigenvalue weighted by Gasteiger charge is -1.93. The Morgan fingerprint density at radius 1 is 1.90 bits per heavy atom. The lowest BCUT2D eigenvalue weighted by molar-refractivity contribution is -0.108. The normalized spacial score (nSPS) is 23.5. The number of allylic oxidation sites excluding steroid dienone is 1. The fourth-order valence-corrected chi connectivity index (χ4v) is 2.08. The summed E-state index contributed by atoms with van der Waals surface area (Å²) in [6.45, 7) is 6.25. The van der Waals surface area contributed by atoms with Gasteiger partial charge in [0.15, 0.2) is 0 Å². The molecule has 0 amide bonds. The third-order valence-electron chi connectivity index (χ3n) is 1.57. The molecule has 1 saturated heterocycles. The van der Waals surface area contributed by atoms with E-state index in [1.807, 2.05) is 0 Å². The molecule has 0 aromatic heterocycles. The molecular formula is C7H12O2Si. The summed E-state index contributed by atoms with van der Waals surface area (Å²) in [5, 5.41) is 0.301. The topological polar surface area (TPSA) is 29.6 Å². The van der Waals surface area contributed by atoms with Crippen molar-refractivity contribution >= 4 is 14.9 Å². The van der Waals surface area contributed by atoms with Gasteiger partial charge < -0.3 is 9.53 Å². The summed E-state index contributed by atoms with van der Waals surface area (Å²) in [6.07, 6.45) is 0.426. The lowest BCUT2D eigenvalue weighted by Crippen LogP contribution is -2.10. The predicted octanol–water partition coefficient (Wildman–Crippen LogP) is 0.0750. The van der Waals surface area contributed by atoms with Gasteiger partial charge in [-0.25, -0.2) is 0 Å². The van der Waals surface area contributed by atoms with Crippen LogP contribution in [0.5, 0.6) is 0 Å². The highest BCUT2D eigenvalue weighted by molar-refractivity contribution is 6.77. The molecule has 0 aliphatic carbocycles. The van der Waals surface area contributed by atoms with E-state index in [1.54, 1.807) is 6.92 Å². The van der Waals surface area contributed by atoms with Gasteiger partial charge in [-0.3, -0.25) is 0 Å². The number of hydrogen-bond acceptors (Lipinski definition) is 2. The van der Waals surface area contributed by atoms with Crippen LogP contribution in [0.4, 0.5) is 0 Å². The Balaban J connectivity index is 2.11. The summed E-state index contributed by atoms with van der Waals surface area (Å²) in [4.78, 5) is 11.0. The minimum absolute atomic E-state index is 0.301. The second-order valence-corrected chi connectivity index (χ2v) is 4.42. The summed E-state index contributed by atoms with van der Waals surface area (Å²) in [6, 6.07) is 1.01. The van der Waals surface area contributed by atoms with Gasteiger partial charge in [0.1, 0.15) is 14.9 Å². The van der Waals surface area contributed by atoms with Gasteiger partial charge in [-0.1, -0.05) is 6.58 Å². The third kappa shape index (κ3) is 2.45. The highest BCUT2D eigenvalue weighted by Crippen LogP contribution is 2.13. The molecule has 0 saturated carbocycles. The van der Waals surface area contributed by atoms with E-state index in [0.29, 0.717) is 17.1 Å². The molecule has 56 valence electrons. The largest absolute Gasteiger partial charge is 0.373 e. The molecule has 0 spiro atoms. The van der Waals surface area contributed by atoms with Crippen molar-refractivity contribution in [1.29, 1.82) is 0 Å². The van der Waals surface area contributed by atoms with Crippen LogP contribution < -0.4 is 0 Å². The molecule has 0 aromatic rings. The molecular weight excluding hydrogens is 144 g/mol. The van der Waals surface area contributed by atoms with E-state index in [9.17, 15) is 4.79 Å². The Labute approximate surface area is 63.1 Å². The first-order valence-electron chi connectivity index (χ1n) is 3.50. The average Bonchev–Trinajstić information content (AvgIpc) is 2.64. The lowest BCUT2D eigenvalue weighted by atomic mass is 10.4. The smallest absolute Gasteiger partial charge is 0.128 e. The summed E-state index contributed by atoms with van der Waals surface area (Å²) in [5.41, 5.74) is 0.715. The van der Waals surface area contributed by atoms with Gasteiger partial charge in [0.05, 0.1) is 12.7 Å². The molecule has 10 heavy (non-hydrogen) atoms. The van der Waals surface area contributed by atoms with Crippen LogP contribution in [0.3, 0.4) is 0 Å². The Morgan fingerprint density at radius 2 is 2.50 bits per heavy atom. The molecule has 1 aliphatic heterocycles. The summed E-state index contributed by atoms with van der Waals surface area (Å²) >= 11 is 0. The summed E-state index contributed by atoms with van der Waals surface area (Å²) < 4.78 is 4.99. The zero-order chi connectivity index (χ0) is 7.56. The van der Waals surface area contributed by atoms with Gasteiger partial charge in [0.2, 0.25) is 0 Å². The Hall–Kier alpha value is -0.413. The monoisotopic (exact) mass is 156 g/mol. The van der Waals surface area contributed by atoms with Gasteiger partial charge >= 0.3 is 0 Å². The van der Waals surface area contributed by atoms with Gasteiger partial charge in [-0.15, -0.1) is 0 Å². The highest BCUT2D eigenvalue weighted by atomic mass is 28.2. The van der Waals surface area contributed by atoms with Gasteiger partial charge in [0, 0.05) is 0 Å². The van der Waals surface area contributed by atoms with Crippen molar-refractivity contribution in [3.8, 4) is 0 Å². The molecule has 0 aromatic carbocycles. The molecule has 1 unspecified atom stereocenters. The first-order chi connectivity index (χ1) is 4.70. The van der Waals surface area contributed by atoms with Crippen molar-refractivity contribution < 1.29 is 9.53 Å². The minimum atomic E-state index is -0.560. The molecule has 1 fully saturated rings. The Kier molecular flexibility index (Phi) is 2.40. The molecule has 1 atom stereocenters. The van der Waals surface area contributed by atoms with Crippen molar-refractivity contribution in [3.63, 3.8) is 0 Å². The van der Waals surface area contributed by atoms with E-state index in [0.717, 1.165) is 12.7 Å². The van der Waals surface area contributed by atoms with Crippen LogP contribution in [0, 0.1) is 0 Å². The van der Waals surface area contributed by atoms with Crippen LogP contribution in [0.2, 0.25) is 6.04 Å². The van der Waals surface area contributed by atoms with E-state index in [1.165, 1.54) is 0 Å². The minimum Gasteiger partial charge on any atom is -0.373 e. The van der Waals surface area contributed by atoms with E-state index in [-0.39, 0.29) is 0 Å². The first-order valence-corrected chi connectivity index (χ1v) is 5.21. The van der Waals surface area contributed by atoms with Gasteiger partial charge in [-0.05, 0) is 18.5 Å². The number of ether oxygens (including phenoxy) is 1. The van der Waals surface area contributed by atoms with E-state index in [4.69, 9.17) is 4.74 Å². The van der Waals surface area contributed by atoms with Crippen LogP contribution in [0.15, 0.2) is 12.2 Å². The maximum Gasteiger partial charge on any atom is 0.128 e. The predicted molar refractivity (Wildman–Crippen MR) is 42.9 cm³/mol. The summed E-state index contributed by atoms with van der Waals surface area (Å²) in [7, 11) is -0.560. The van der Waals surface area contributed by atoms with Crippen LogP contribution in [-0.2, 0) is 9.53 Å². The van der Waals surface area contributed by atoms with Gasteiger partial charge in [0.25, 0.3) is 0 Å². The molecule has 1 rings (SSSR count). The van der Waals surface area contributed by atoms with Gasteiger partial charge in [-0.2, -0.15) is 0 Å². The Bertz CT molecular complexity index is 161.